The largest absolute Gasteiger partial charge is 0.297 e. The average Bonchev–Trinajstić information content (AvgIpc) is 2.27. The third-order valence-corrected chi connectivity index (χ3v) is 4.50. The second kappa shape index (κ2) is 5.40. The molecule has 100 valence electrons. The number of likely N-dealkylation sites (tertiary alicyclic amines) is 1. The summed E-state index contributed by atoms with van der Waals surface area (Å²) >= 11 is 12.2. The number of nitrogens with zero attached hydrogens (tertiary/aromatic N) is 1. The Kier molecular flexibility index (Phi) is 4.25. The number of rotatable bonds is 2. The van der Waals surface area contributed by atoms with Gasteiger partial charge in [0.2, 0.25) is 0 Å². The molecule has 0 saturated carbocycles. The predicted octanol–water partition coefficient (Wildman–Crippen LogP) is 5.18. The van der Waals surface area contributed by atoms with E-state index in [4.69, 9.17) is 23.2 Å². The van der Waals surface area contributed by atoms with Gasteiger partial charge in [0, 0.05) is 16.1 Å². The Morgan fingerprint density at radius 3 is 2.06 bits per heavy atom. The zero-order valence-electron chi connectivity index (χ0n) is 11.3. The fourth-order valence-corrected chi connectivity index (χ4v) is 3.09. The topological polar surface area (TPSA) is 3.24 Å². The molecule has 0 amide bonds. The minimum Gasteiger partial charge on any atom is -0.297 e. The third-order valence-electron chi connectivity index (χ3n) is 4.07. The Bertz CT molecular complexity index is 398. The highest BCUT2D eigenvalue weighted by atomic mass is 35.5. The van der Waals surface area contributed by atoms with E-state index in [1.54, 1.807) is 6.07 Å². The maximum Gasteiger partial charge on any atom is 0.0424 e. The highest BCUT2D eigenvalue weighted by Gasteiger charge is 2.28. The quantitative estimate of drug-likeness (QED) is 0.724. The van der Waals surface area contributed by atoms with Gasteiger partial charge in [0.05, 0.1) is 0 Å². The summed E-state index contributed by atoms with van der Waals surface area (Å²) in [6.45, 7) is 9.24. The van der Waals surface area contributed by atoms with Crippen LogP contribution in [0.25, 0.3) is 0 Å². The molecular formula is C15H21Cl2N. The molecule has 1 unspecified atom stereocenters. The van der Waals surface area contributed by atoms with Crippen molar-refractivity contribution in [3.63, 3.8) is 0 Å². The Hall–Kier alpha value is -0.240. The molecule has 0 bridgehead atoms. The first-order valence-electron chi connectivity index (χ1n) is 6.57. The molecule has 1 aliphatic rings. The summed E-state index contributed by atoms with van der Waals surface area (Å²) in [5.74, 6) is 0. The molecule has 1 heterocycles. The lowest BCUT2D eigenvalue weighted by atomic mass is 9.82. The van der Waals surface area contributed by atoms with E-state index in [0.29, 0.717) is 11.5 Å². The van der Waals surface area contributed by atoms with Gasteiger partial charge in [0.1, 0.15) is 0 Å². The van der Waals surface area contributed by atoms with Crippen molar-refractivity contribution in [2.45, 2.75) is 39.7 Å². The lowest BCUT2D eigenvalue weighted by Crippen LogP contribution is -2.38. The molecule has 3 heteroatoms. The van der Waals surface area contributed by atoms with Crippen molar-refractivity contribution in [1.29, 1.82) is 0 Å². The smallest absolute Gasteiger partial charge is 0.0424 e. The van der Waals surface area contributed by atoms with Gasteiger partial charge >= 0.3 is 0 Å². The van der Waals surface area contributed by atoms with Crippen LogP contribution in [0, 0.1) is 5.41 Å². The Balaban J connectivity index is 2.09. The summed E-state index contributed by atoms with van der Waals surface area (Å²) in [6, 6.07) is 6.23. The molecule has 1 fully saturated rings. The summed E-state index contributed by atoms with van der Waals surface area (Å²) in [4.78, 5) is 2.52. The van der Waals surface area contributed by atoms with Crippen LogP contribution in [-0.4, -0.2) is 18.0 Å². The number of halogens is 2. The summed E-state index contributed by atoms with van der Waals surface area (Å²) in [5, 5.41) is 1.45. The molecule has 1 nitrogen and oxygen atoms in total. The van der Waals surface area contributed by atoms with Gasteiger partial charge in [0.25, 0.3) is 0 Å². The Labute approximate surface area is 120 Å². The maximum atomic E-state index is 6.08. The Morgan fingerprint density at radius 1 is 1.06 bits per heavy atom. The molecule has 1 aromatic rings. The molecule has 0 aromatic heterocycles. The lowest BCUT2D eigenvalue weighted by Gasteiger charge is -2.40. The predicted molar refractivity (Wildman–Crippen MR) is 79.5 cm³/mol. The summed E-state index contributed by atoms with van der Waals surface area (Å²) in [7, 11) is 0. The first-order chi connectivity index (χ1) is 8.37. The summed E-state index contributed by atoms with van der Waals surface area (Å²) in [6.07, 6.45) is 2.51. The summed E-state index contributed by atoms with van der Waals surface area (Å²) < 4.78 is 0. The second-order valence-corrected chi connectivity index (χ2v) is 6.95. The SMILES string of the molecule is CC(c1cc(Cl)cc(Cl)c1)N1CCC(C)(C)CC1. The molecule has 1 atom stereocenters. The van der Waals surface area contributed by atoms with Crippen LogP contribution >= 0.6 is 23.2 Å². The fourth-order valence-electron chi connectivity index (χ4n) is 2.54. The molecule has 1 aromatic carbocycles. The fraction of sp³-hybridized carbons (Fsp3) is 0.600. The number of benzene rings is 1. The van der Waals surface area contributed by atoms with Gasteiger partial charge in [-0.15, -0.1) is 0 Å². The molecule has 1 aliphatic heterocycles. The van der Waals surface area contributed by atoms with E-state index in [1.807, 2.05) is 12.1 Å². The van der Waals surface area contributed by atoms with Crippen LogP contribution in [0.3, 0.4) is 0 Å². The molecule has 0 spiro atoms. The first kappa shape index (κ1) is 14.2. The maximum absolute atomic E-state index is 6.08. The second-order valence-electron chi connectivity index (χ2n) is 6.08. The normalized spacial score (nSPS) is 21.8. The van der Waals surface area contributed by atoms with Gasteiger partial charge in [0.15, 0.2) is 0 Å². The number of piperidine rings is 1. The van der Waals surface area contributed by atoms with Crippen LogP contribution < -0.4 is 0 Å². The molecule has 0 N–H and O–H groups in total. The Morgan fingerprint density at radius 2 is 1.56 bits per heavy atom. The molecule has 0 radical (unpaired) electrons. The van der Waals surface area contributed by atoms with E-state index in [-0.39, 0.29) is 0 Å². The van der Waals surface area contributed by atoms with Crippen LogP contribution in [0.5, 0.6) is 0 Å². The number of hydrogen-bond donors (Lipinski definition) is 0. The molecule has 18 heavy (non-hydrogen) atoms. The van der Waals surface area contributed by atoms with E-state index in [0.717, 1.165) is 23.1 Å². The van der Waals surface area contributed by atoms with Crippen LogP contribution in [0.2, 0.25) is 10.0 Å². The van der Waals surface area contributed by atoms with Crippen molar-refractivity contribution >= 4 is 23.2 Å². The van der Waals surface area contributed by atoms with Crippen molar-refractivity contribution < 1.29 is 0 Å². The summed E-state index contributed by atoms with van der Waals surface area (Å²) in [5.41, 5.74) is 1.70. The zero-order chi connectivity index (χ0) is 13.3. The average molecular weight is 286 g/mol. The van der Waals surface area contributed by atoms with Crippen molar-refractivity contribution in [3.05, 3.63) is 33.8 Å². The lowest BCUT2D eigenvalue weighted by molar-refractivity contribution is 0.100. The van der Waals surface area contributed by atoms with E-state index in [2.05, 4.69) is 25.7 Å². The highest BCUT2D eigenvalue weighted by molar-refractivity contribution is 6.34. The van der Waals surface area contributed by atoms with Gasteiger partial charge in [-0.2, -0.15) is 0 Å². The van der Waals surface area contributed by atoms with E-state index in [9.17, 15) is 0 Å². The van der Waals surface area contributed by atoms with Gasteiger partial charge in [-0.1, -0.05) is 37.0 Å². The van der Waals surface area contributed by atoms with E-state index < -0.39 is 0 Å². The van der Waals surface area contributed by atoms with Gasteiger partial charge in [-0.3, -0.25) is 4.90 Å². The van der Waals surface area contributed by atoms with Crippen LogP contribution in [0.1, 0.15) is 45.2 Å². The monoisotopic (exact) mass is 285 g/mol. The number of hydrogen-bond acceptors (Lipinski definition) is 1. The van der Waals surface area contributed by atoms with Gasteiger partial charge in [-0.25, -0.2) is 0 Å². The van der Waals surface area contributed by atoms with E-state index in [1.165, 1.54) is 18.4 Å². The minimum atomic E-state index is 0.386. The van der Waals surface area contributed by atoms with Crippen molar-refractivity contribution in [1.82, 2.24) is 4.90 Å². The van der Waals surface area contributed by atoms with Crippen molar-refractivity contribution in [2.75, 3.05) is 13.1 Å². The van der Waals surface area contributed by atoms with Crippen LogP contribution in [0.15, 0.2) is 18.2 Å². The molecule has 0 aliphatic carbocycles. The van der Waals surface area contributed by atoms with Crippen molar-refractivity contribution in [3.8, 4) is 0 Å². The molecule has 1 saturated heterocycles. The van der Waals surface area contributed by atoms with Gasteiger partial charge < -0.3 is 0 Å². The molecule has 2 rings (SSSR count). The highest BCUT2D eigenvalue weighted by Crippen LogP contribution is 2.34. The minimum absolute atomic E-state index is 0.386. The first-order valence-corrected chi connectivity index (χ1v) is 7.33. The third kappa shape index (κ3) is 3.40. The molecular weight excluding hydrogens is 265 g/mol. The van der Waals surface area contributed by atoms with E-state index >= 15 is 0 Å². The van der Waals surface area contributed by atoms with Gasteiger partial charge in [-0.05, 0) is 62.0 Å². The van der Waals surface area contributed by atoms with Crippen LogP contribution in [-0.2, 0) is 0 Å². The standard InChI is InChI=1S/C15H21Cl2N/c1-11(12-8-13(16)10-14(17)9-12)18-6-4-15(2,3)5-7-18/h8-11H,4-7H2,1-3H3. The van der Waals surface area contributed by atoms with Crippen molar-refractivity contribution in [2.24, 2.45) is 5.41 Å². The van der Waals surface area contributed by atoms with Crippen LogP contribution in [0.4, 0.5) is 0 Å². The zero-order valence-corrected chi connectivity index (χ0v) is 12.9.